The molecule has 0 saturated carbocycles. The van der Waals surface area contributed by atoms with E-state index in [1.807, 2.05) is 0 Å². The summed E-state index contributed by atoms with van der Waals surface area (Å²) in [6, 6.07) is 0.991. The maximum absolute atomic E-state index is 11.1. The van der Waals surface area contributed by atoms with Gasteiger partial charge >= 0.3 is 5.97 Å². The third-order valence-corrected chi connectivity index (χ3v) is 2.79. The maximum Gasteiger partial charge on any atom is 0.327 e. The van der Waals surface area contributed by atoms with E-state index < -0.39 is 12.0 Å². The molecule has 1 atom stereocenters. The van der Waals surface area contributed by atoms with Gasteiger partial charge in [0.15, 0.2) is 0 Å². The van der Waals surface area contributed by atoms with Crippen molar-refractivity contribution in [1.82, 2.24) is 15.3 Å². The van der Waals surface area contributed by atoms with Crippen LogP contribution in [-0.2, 0) is 4.79 Å². The quantitative estimate of drug-likeness (QED) is 0.782. The summed E-state index contributed by atoms with van der Waals surface area (Å²) in [7, 11) is 0. The zero-order valence-corrected chi connectivity index (χ0v) is 11.3. The first-order valence-corrected chi connectivity index (χ1v) is 5.67. The molecule has 0 aromatic carbocycles. The summed E-state index contributed by atoms with van der Waals surface area (Å²) in [5.41, 5.74) is 0.725. The third-order valence-electron chi connectivity index (χ3n) is 2.60. The monoisotopic (exact) mass is 292 g/mol. The van der Waals surface area contributed by atoms with E-state index in [9.17, 15) is 4.79 Å². The zero-order chi connectivity index (χ0) is 12.4. The number of nitrogens with one attached hydrogen (secondary N) is 1. The number of carboxylic acids is 1. The van der Waals surface area contributed by atoms with Gasteiger partial charge in [-0.15, -0.1) is 12.4 Å². The zero-order valence-electron chi connectivity index (χ0n) is 9.76. The molecule has 0 radical (unpaired) electrons. The van der Waals surface area contributed by atoms with Gasteiger partial charge in [-0.2, -0.15) is 0 Å². The first kappa shape index (κ1) is 14.9. The number of hydrogen-bond acceptors (Lipinski definition) is 5. The van der Waals surface area contributed by atoms with Crippen molar-refractivity contribution in [3.8, 4) is 0 Å². The second-order valence-corrected chi connectivity index (χ2v) is 4.27. The SMILES string of the molecule is Cc1cc(Cl)nc(N2CCNCC2C(=O)O)n1.Cl. The van der Waals surface area contributed by atoms with Gasteiger partial charge in [-0.25, -0.2) is 14.8 Å². The molecule has 0 spiro atoms. The minimum Gasteiger partial charge on any atom is -0.480 e. The summed E-state index contributed by atoms with van der Waals surface area (Å²) in [4.78, 5) is 21.1. The van der Waals surface area contributed by atoms with Gasteiger partial charge in [-0.05, 0) is 13.0 Å². The van der Waals surface area contributed by atoms with Crippen LogP contribution in [0.5, 0.6) is 0 Å². The normalized spacial score (nSPS) is 19.2. The van der Waals surface area contributed by atoms with Crippen molar-refractivity contribution in [3.63, 3.8) is 0 Å². The Kier molecular flexibility index (Phi) is 5.13. The highest BCUT2D eigenvalue weighted by molar-refractivity contribution is 6.29. The van der Waals surface area contributed by atoms with Crippen molar-refractivity contribution in [3.05, 3.63) is 16.9 Å². The number of aliphatic carboxylic acids is 1. The Balaban J connectivity index is 0.00000162. The molecule has 100 valence electrons. The average molecular weight is 293 g/mol. The Morgan fingerprint density at radius 1 is 1.61 bits per heavy atom. The van der Waals surface area contributed by atoms with Crippen LogP contribution in [-0.4, -0.2) is 46.7 Å². The molecular formula is C10H14Cl2N4O2. The number of hydrogen-bond donors (Lipinski definition) is 2. The van der Waals surface area contributed by atoms with Gasteiger partial charge in [-0.3, -0.25) is 0 Å². The van der Waals surface area contributed by atoms with Crippen LogP contribution < -0.4 is 10.2 Å². The lowest BCUT2D eigenvalue weighted by molar-refractivity contribution is -0.138. The number of nitrogens with zero attached hydrogens (tertiary/aromatic N) is 3. The van der Waals surface area contributed by atoms with Crippen LogP contribution in [0.3, 0.4) is 0 Å². The Labute approximate surface area is 116 Å². The fourth-order valence-electron chi connectivity index (χ4n) is 1.81. The van der Waals surface area contributed by atoms with E-state index in [-0.39, 0.29) is 12.4 Å². The van der Waals surface area contributed by atoms with Gasteiger partial charge in [0, 0.05) is 25.3 Å². The number of anilines is 1. The molecule has 1 aromatic rings. The summed E-state index contributed by atoms with van der Waals surface area (Å²) < 4.78 is 0. The largest absolute Gasteiger partial charge is 0.480 e. The van der Waals surface area contributed by atoms with Crippen molar-refractivity contribution < 1.29 is 9.90 Å². The minimum absolute atomic E-state index is 0. The van der Waals surface area contributed by atoms with Crippen LogP contribution >= 0.6 is 24.0 Å². The molecule has 0 amide bonds. The number of piperazine rings is 1. The predicted molar refractivity (Wildman–Crippen MR) is 70.7 cm³/mol. The molecule has 8 heteroatoms. The van der Waals surface area contributed by atoms with E-state index in [0.717, 1.165) is 5.69 Å². The Hall–Kier alpha value is -1.11. The highest BCUT2D eigenvalue weighted by Gasteiger charge is 2.30. The van der Waals surface area contributed by atoms with Crippen LogP contribution in [0.15, 0.2) is 6.07 Å². The van der Waals surface area contributed by atoms with E-state index >= 15 is 0 Å². The van der Waals surface area contributed by atoms with Gasteiger partial charge in [0.2, 0.25) is 5.95 Å². The number of carbonyl (C=O) groups is 1. The van der Waals surface area contributed by atoms with Crippen LogP contribution in [0.2, 0.25) is 5.15 Å². The van der Waals surface area contributed by atoms with Gasteiger partial charge in [0.05, 0.1) is 0 Å². The molecule has 2 heterocycles. The molecule has 18 heavy (non-hydrogen) atoms. The summed E-state index contributed by atoms with van der Waals surface area (Å²) in [6.45, 7) is 3.44. The molecule has 6 nitrogen and oxygen atoms in total. The minimum atomic E-state index is -0.890. The molecular weight excluding hydrogens is 279 g/mol. The van der Waals surface area contributed by atoms with E-state index in [1.54, 1.807) is 17.9 Å². The average Bonchev–Trinajstić information content (AvgIpc) is 2.27. The number of aromatic nitrogens is 2. The van der Waals surface area contributed by atoms with Gasteiger partial charge in [0.1, 0.15) is 11.2 Å². The number of carboxylic acid groups (broad SMARTS) is 1. The molecule has 0 bridgehead atoms. The lowest BCUT2D eigenvalue weighted by atomic mass is 10.2. The summed E-state index contributed by atoms with van der Waals surface area (Å²) >= 11 is 5.86. The molecule has 1 aliphatic heterocycles. The Morgan fingerprint density at radius 2 is 2.33 bits per heavy atom. The highest BCUT2D eigenvalue weighted by atomic mass is 35.5. The van der Waals surface area contributed by atoms with Gasteiger partial charge in [0.25, 0.3) is 0 Å². The highest BCUT2D eigenvalue weighted by Crippen LogP contribution is 2.17. The smallest absolute Gasteiger partial charge is 0.327 e. The van der Waals surface area contributed by atoms with Crippen molar-refractivity contribution >= 4 is 35.9 Å². The molecule has 1 fully saturated rings. The topological polar surface area (TPSA) is 78.4 Å². The second kappa shape index (κ2) is 6.17. The maximum atomic E-state index is 11.1. The van der Waals surface area contributed by atoms with Gasteiger partial charge < -0.3 is 15.3 Å². The van der Waals surface area contributed by atoms with Crippen molar-refractivity contribution in [1.29, 1.82) is 0 Å². The molecule has 2 N–H and O–H groups in total. The van der Waals surface area contributed by atoms with Gasteiger partial charge in [-0.1, -0.05) is 11.6 Å². The Bertz CT molecular complexity index is 424. The predicted octanol–water partition coefficient (Wildman–Crippen LogP) is 0.723. The van der Waals surface area contributed by atoms with E-state index in [0.29, 0.717) is 30.7 Å². The first-order valence-electron chi connectivity index (χ1n) is 5.29. The van der Waals surface area contributed by atoms with Crippen LogP contribution in [0.25, 0.3) is 0 Å². The van der Waals surface area contributed by atoms with Crippen LogP contribution in [0.4, 0.5) is 5.95 Å². The molecule has 1 aromatic heterocycles. The summed E-state index contributed by atoms with van der Waals surface area (Å²) in [5.74, 6) is -0.512. The first-order chi connectivity index (χ1) is 8.08. The molecule has 0 aliphatic carbocycles. The molecule has 1 saturated heterocycles. The fourth-order valence-corrected chi connectivity index (χ4v) is 2.04. The fraction of sp³-hybridized carbons (Fsp3) is 0.500. The van der Waals surface area contributed by atoms with Crippen molar-refractivity contribution in [2.45, 2.75) is 13.0 Å². The lowest BCUT2D eigenvalue weighted by Crippen LogP contribution is -2.55. The van der Waals surface area contributed by atoms with Crippen molar-refractivity contribution in [2.75, 3.05) is 24.5 Å². The van der Waals surface area contributed by atoms with Crippen molar-refractivity contribution in [2.24, 2.45) is 0 Å². The van der Waals surface area contributed by atoms with E-state index in [2.05, 4.69) is 15.3 Å². The summed E-state index contributed by atoms with van der Waals surface area (Å²) in [5, 5.41) is 12.5. The summed E-state index contributed by atoms with van der Waals surface area (Å²) in [6.07, 6.45) is 0. The van der Waals surface area contributed by atoms with E-state index in [4.69, 9.17) is 16.7 Å². The number of halogens is 2. The second-order valence-electron chi connectivity index (χ2n) is 3.88. The number of rotatable bonds is 2. The molecule has 2 rings (SSSR count). The lowest BCUT2D eigenvalue weighted by Gasteiger charge is -2.33. The van der Waals surface area contributed by atoms with Crippen LogP contribution in [0.1, 0.15) is 5.69 Å². The number of aryl methyl sites for hydroxylation is 1. The molecule has 1 aliphatic rings. The third kappa shape index (κ3) is 3.22. The van der Waals surface area contributed by atoms with Crippen LogP contribution in [0, 0.1) is 6.92 Å². The molecule has 1 unspecified atom stereocenters. The van der Waals surface area contributed by atoms with E-state index in [1.165, 1.54) is 0 Å². The standard InChI is InChI=1S/C10H13ClN4O2.ClH/c1-6-4-8(11)14-10(13-6)15-3-2-12-5-7(15)9(16)17;/h4,7,12H,2-3,5H2,1H3,(H,16,17);1H. The Morgan fingerprint density at radius 3 is 2.94 bits per heavy atom.